The number of carbonyl (C=O) groups excluding carboxylic acids is 1. The van der Waals surface area contributed by atoms with E-state index in [1.165, 1.54) is 6.33 Å². The summed E-state index contributed by atoms with van der Waals surface area (Å²) in [5.74, 6) is 0.382. The van der Waals surface area contributed by atoms with Crippen molar-refractivity contribution >= 4 is 17.1 Å². The van der Waals surface area contributed by atoms with Crippen molar-refractivity contribution in [2.45, 2.75) is 6.42 Å². The molecular weight excluding hydrogens is 242 g/mol. The highest BCUT2D eigenvalue weighted by molar-refractivity contribution is 5.92. The van der Waals surface area contributed by atoms with Gasteiger partial charge in [0.05, 0.1) is 6.20 Å². The largest absolute Gasteiger partial charge is 0.366 e. The zero-order valence-corrected chi connectivity index (χ0v) is 10.00. The quantitative estimate of drug-likeness (QED) is 0.728. The number of amides is 1. The molecule has 0 aliphatic rings. The predicted octanol–water partition coefficient (Wildman–Crippen LogP) is 1.04. The molecule has 2 heterocycles. The SMILES string of the molecule is NC(=O)c1ccc(Cc2nc3ncncc3[nH]2)cc1. The molecule has 0 aliphatic carbocycles. The van der Waals surface area contributed by atoms with Crippen molar-refractivity contribution in [3.8, 4) is 0 Å². The van der Waals surface area contributed by atoms with Gasteiger partial charge in [-0.3, -0.25) is 4.79 Å². The number of carbonyl (C=O) groups is 1. The maximum absolute atomic E-state index is 11.0. The number of fused-ring (bicyclic) bond motifs is 1. The van der Waals surface area contributed by atoms with Crippen LogP contribution in [-0.4, -0.2) is 25.8 Å². The number of hydrogen-bond acceptors (Lipinski definition) is 4. The number of nitrogens with two attached hydrogens (primary N) is 1. The third-order valence-corrected chi connectivity index (χ3v) is 2.82. The number of aromatic amines is 1. The summed E-state index contributed by atoms with van der Waals surface area (Å²) in [5.41, 5.74) is 8.20. The van der Waals surface area contributed by atoms with Gasteiger partial charge >= 0.3 is 0 Å². The van der Waals surface area contributed by atoms with E-state index >= 15 is 0 Å². The second-order valence-electron chi connectivity index (χ2n) is 4.18. The molecule has 3 rings (SSSR count). The highest BCUT2D eigenvalue weighted by atomic mass is 16.1. The van der Waals surface area contributed by atoms with Crippen LogP contribution in [0, 0.1) is 0 Å². The molecule has 94 valence electrons. The predicted molar refractivity (Wildman–Crippen MR) is 69.4 cm³/mol. The van der Waals surface area contributed by atoms with E-state index in [1.807, 2.05) is 12.1 Å². The highest BCUT2D eigenvalue weighted by Crippen LogP contribution is 2.11. The summed E-state index contributed by atoms with van der Waals surface area (Å²) in [6.07, 6.45) is 3.79. The third kappa shape index (κ3) is 2.28. The summed E-state index contributed by atoms with van der Waals surface area (Å²) in [6, 6.07) is 7.14. The lowest BCUT2D eigenvalue weighted by Crippen LogP contribution is -2.10. The Kier molecular flexibility index (Phi) is 2.68. The molecule has 6 nitrogen and oxygen atoms in total. The maximum Gasteiger partial charge on any atom is 0.248 e. The first-order valence-corrected chi connectivity index (χ1v) is 5.76. The summed E-state index contributed by atoms with van der Waals surface area (Å²) in [6.45, 7) is 0. The number of nitrogens with zero attached hydrogens (tertiary/aromatic N) is 3. The third-order valence-electron chi connectivity index (χ3n) is 2.82. The van der Waals surface area contributed by atoms with Crippen molar-refractivity contribution in [1.29, 1.82) is 0 Å². The van der Waals surface area contributed by atoms with E-state index in [-0.39, 0.29) is 0 Å². The van der Waals surface area contributed by atoms with Gasteiger partial charge in [-0.1, -0.05) is 12.1 Å². The van der Waals surface area contributed by atoms with Crippen LogP contribution in [0.25, 0.3) is 11.2 Å². The van der Waals surface area contributed by atoms with Gasteiger partial charge in [-0.2, -0.15) is 0 Å². The molecule has 0 saturated heterocycles. The molecule has 0 radical (unpaired) electrons. The van der Waals surface area contributed by atoms with Crippen LogP contribution in [0.3, 0.4) is 0 Å². The van der Waals surface area contributed by atoms with E-state index in [9.17, 15) is 4.79 Å². The molecular formula is C13H11N5O. The Balaban J connectivity index is 1.86. The molecule has 6 heteroatoms. The van der Waals surface area contributed by atoms with Crippen molar-refractivity contribution < 1.29 is 4.79 Å². The fraction of sp³-hybridized carbons (Fsp3) is 0.0769. The van der Waals surface area contributed by atoms with Crippen molar-refractivity contribution in [1.82, 2.24) is 19.9 Å². The number of imidazole rings is 1. The molecule has 0 fully saturated rings. The van der Waals surface area contributed by atoms with Crippen LogP contribution < -0.4 is 5.73 Å². The first-order valence-electron chi connectivity index (χ1n) is 5.76. The maximum atomic E-state index is 11.0. The van der Waals surface area contributed by atoms with E-state index in [4.69, 9.17) is 5.73 Å². The van der Waals surface area contributed by atoms with E-state index in [2.05, 4.69) is 19.9 Å². The van der Waals surface area contributed by atoms with E-state index < -0.39 is 5.91 Å². The highest BCUT2D eigenvalue weighted by Gasteiger charge is 2.05. The summed E-state index contributed by atoms with van der Waals surface area (Å²) in [5, 5.41) is 0. The molecule has 0 bridgehead atoms. The topological polar surface area (TPSA) is 97.6 Å². The van der Waals surface area contributed by atoms with E-state index in [0.29, 0.717) is 17.6 Å². The standard InChI is InChI=1S/C13H11N5O/c14-12(19)9-3-1-8(2-4-9)5-11-17-10-6-15-7-16-13(10)18-11/h1-4,6-7H,5H2,(H2,14,19)(H,15,16,17,18). The Morgan fingerprint density at radius 3 is 2.74 bits per heavy atom. The normalized spacial score (nSPS) is 10.7. The second kappa shape index (κ2) is 4.49. The van der Waals surface area contributed by atoms with Crippen molar-refractivity contribution in [3.05, 3.63) is 53.7 Å². The van der Waals surface area contributed by atoms with Gasteiger partial charge in [0.25, 0.3) is 0 Å². The van der Waals surface area contributed by atoms with Gasteiger partial charge in [-0.25, -0.2) is 15.0 Å². The summed E-state index contributed by atoms with van der Waals surface area (Å²) >= 11 is 0. The van der Waals surface area contributed by atoms with Crippen molar-refractivity contribution in [3.63, 3.8) is 0 Å². The van der Waals surface area contributed by atoms with Gasteiger partial charge in [-0.05, 0) is 17.7 Å². The number of H-pyrrole nitrogens is 1. The van der Waals surface area contributed by atoms with Crippen molar-refractivity contribution in [2.24, 2.45) is 5.73 Å². The number of rotatable bonds is 3. The van der Waals surface area contributed by atoms with Gasteiger partial charge in [0.15, 0.2) is 5.65 Å². The number of primary amides is 1. The molecule has 0 saturated carbocycles. The minimum Gasteiger partial charge on any atom is -0.366 e. The van der Waals surface area contributed by atoms with Crippen LogP contribution in [0.4, 0.5) is 0 Å². The fourth-order valence-corrected chi connectivity index (χ4v) is 1.88. The molecule has 0 aliphatic heterocycles. The van der Waals surface area contributed by atoms with Crippen molar-refractivity contribution in [2.75, 3.05) is 0 Å². The number of benzene rings is 1. The lowest BCUT2D eigenvalue weighted by atomic mass is 10.1. The van der Waals surface area contributed by atoms with E-state index in [1.54, 1.807) is 18.3 Å². The van der Waals surface area contributed by atoms with Crippen LogP contribution >= 0.6 is 0 Å². The Bertz CT molecular complexity index is 699. The Morgan fingerprint density at radius 2 is 2.05 bits per heavy atom. The Labute approximate surface area is 108 Å². The first kappa shape index (κ1) is 11.3. The van der Waals surface area contributed by atoms with E-state index in [0.717, 1.165) is 16.9 Å². The molecule has 1 amide bonds. The molecule has 0 spiro atoms. The van der Waals surface area contributed by atoms with Gasteiger partial charge in [0, 0.05) is 12.0 Å². The van der Waals surface area contributed by atoms with Crippen LogP contribution in [0.5, 0.6) is 0 Å². The number of hydrogen-bond donors (Lipinski definition) is 2. The molecule has 0 atom stereocenters. The second-order valence-corrected chi connectivity index (χ2v) is 4.18. The summed E-state index contributed by atoms with van der Waals surface area (Å²) in [4.78, 5) is 26.5. The molecule has 3 N–H and O–H groups in total. The van der Waals surface area contributed by atoms with Crippen LogP contribution in [-0.2, 0) is 6.42 Å². The molecule has 2 aromatic heterocycles. The lowest BCUT2D eigenvalue weighted by molar-refractivity contribution is 0.100. The summed E-state index contributed by atoms with van der Waals surface area (Å²) < 4.78 is 0. The molecule has 1 aromatic carbocycles. The van der Waals surface area contributed by atoms with Gasteiger partial charge in [0.1, 0.15) is 17.7 Å². The molecule has 0 unspecified atom stereocenters. The van der Waals surface area contributed by atoms with Crippen LogP contribution in [0.1, 0.15) is 21.7 Å². The fourth-order valence-electron chi connectivity index (χ4n) is 1.88. The van der Waals surface area contributed by atoms with Gasteiger partial charge < -0.3 is 10.7 Å². The lowest BCUT2D eigenvalue weighted by Gasteiger charge is -1.99. The average molecular weight is 253 g/mol. The van der Waals surface area contributed by atoms with Crippen LogP contribution in [0.2, 0.25) is 0 Å². The number of nitrogens with one attached hydrogen (secondary N) is 1. The monoisotopic (exact) mass is 253 g/mol. The molecule has 3 aromatic rings. The van der Waals surface area contributed by atoms with Gasteiger partial charge in [0.2, 0.25) is 5.91 Å². The first-order chi connectivity index (χ1) is 9.22. The average Bonchev–Trinajstić information content (AvgIpc) is 2.81. The summed E-state index contributed by atoms with van der Waals surface area (Å²) in [7, 11) is 0. The number of aromatic nitrogens is 4. The zero-order chi connectivity index (χ0) is 13.2. The van der Waals surface area contributed by atoms with Crippen LogP contribution in [0.15, 0.2) is 36.8 Å². The smallest absolute Gasteiger partial charge is 0.248 e. The Hall–Kier alpha value is -2.76. The minimum atomic E-state index is -0.425. The zero-order valence-electron chi connectivity index (χ0n) is 10.00. The molecule has 19 heavy (non-hydrogen) atoms. The minimum absolute atomic E-state index is 0.425. The Morgan fingerprint density at radius 1 is 1.26 bits per heavy atom. The van der Waals surface area contributed by atoms with Gasteiger partial charge in [-0.15, -0.1) is 0 Å².